The highest BCUT2D eigenvalue weighted by Gasteiger charge is 2.29. The molecule has 0 spiro atoms. The molecule has 1 N–H and O–H groups in total. The highest BCUT2D eigenvalue weighted by Crippen LogP contribution is 2.29. The van der Waals surface area contributed by atoms with E-state index in [0.29, 0.717) is 0 Å². The maximum absolute atomic E-state index is 9.86. The van der Waals surface area contributed by atoms with Gasteiger partial charge in [-0.05, 0) is 25.2 Å². The molecule has 0 bridgehead atoms. The van der Waals surface area contributed by atoms with Crippen LogP contribution in [0.5, 0.6) is 0 Å². The number of nitrogens with zero attached hydrogens (tertiary/aromatic N) is 3. The van der Waals surface area contributed by atoms with E-state index in [1.54, 1.807) is 11.3 Å². The maximum Gasteiger partial charge on any atom is 0.131 e. The molecule has 4 nitrogen and oxygen atoms in total. The quantitative estimate of drug-likeness (QED) is 0.876. The molecular formula is C12H21N3OS. The molecule has 1 aromatic rings. The molecule has 1 fully saturated rings. The molecule has 0 amide bonds. The minimum atomic E-state index is -0.161. The monoisotopic (exact) mass is 255 g/mol. The minimum absolute atomic E-state index is 0.161. The summed E-state index contributed by atoms with van der Waals surface area (Å²) in [5, 5.41) is 20.2. The van der Waals surface area contributed by atoms with Crippen molar-refractivity contribution in [2.24, 2.45) is 5.41 Å². The Morgan fingerprint density at radius 2 is 2.24 bits per heavy atom. The minimum Gasteiger partial charge on any atom is -0.393 e. The summed E-state index contributed by atoms with van der Waals surface area (Å²) in [6, 6.07) is 0. The van der Waals surface area contributed by atoms with Gasteiger partial charge in [0, 0.05) is 13.1 Å². The van der Waals surface area contributed by atoms with Crippen molar-refractivity contribution in [3.05, 3.63) is 10.0 Å². The van der Waals surface area contributed by atoms with Gasteiger partial charge in [-0.3, -0.25) is 4.90 Å². The molecule has 1 saturated heterocycles. The van der Waals surface area contributed by atoms with E-state index in [0.717, 1.165) is 42.5 Å². The Morgan fingerprint density at radius 1 is 1.47 bits per heavy atom. The molecule has 2 heterocycles. The van der Waals surface area contributed by atoms with Crippen molar-refractivity contribution in [1.29, 1.82) is 0 Å². The Kier molecular flexibility index (Phi) is 3.80. The Labute approximate surface area is 107 Å². The standard InChI is InChI=1S/C12H21N3OS/c1-9-13-14-11(17-9)7-15-5-4-10(16)6-12(2,3)8-15/h10,16H,4-8H2,1-3H3/t10-/m0/s1. The summed E-state index contributed by atoms with van der Waals surface area (Å²) in [6.45, 7) is 9.25. The van der Waals surface area contributed by atoms with E-state index in [1.807, 2.05) is 6.92 Å². The van der Waals surface area contributed by atoms with Gasteiger partial charge in [-0.1, -0.05) is 13.8 Å². The highest BCUT2D eigenvalue weighted by atomic mass is 32.1. The molecule has 0 aliphatic carbocycles. The number of aryl methyl sites for hydroxylation is 1. The van der Waals surface area contributed by atoms with Gasteiger partial charge in [-0.2, -0.15) is 0 Å². The maximum atomic E-state index is 9.86. The van der Waals surface area contributed by atoms with Crippen LogP contribution < -0.4 is 0 Å². The number of hydrogen-bond donors (Lipinski definition) is 1. The fraction of sp³-hybridized carbons (Fsp3) is 0.833. The first-order valence-electron chi connectivity index (χ1n) is 6.14. The van der Waals surface area contributed by atoms with Gasteiger partial charge < -0.3 is 5.11 Å². The van der Waals surface area contributed by atoms with Crippen LogP contribution in [0.1, 0.15) is 36.7 Å². The largest absolute Gasteiger partial charge is 0.393 e. The zero-order valence-corrected chi connectivity index (χ0v) is 11.6. The zero-order valence-electron chi connectivity index (χ0n) is 10.8. The average molecular weight is 255 g/mol. The second-order valence-electron chi connectivity index (χ2n) is 5.74. The second kappa shape index (κ2) is 5.00. The van der Waals surface area contributed by atoms with Crippen LogP contribution in [0.3, 0.4) is 0 Å². The number of aliphatic hydroxyl groups excluding tert-OH is 1. The second-order valence-corrected chi connectivity index (χ2v) is 7.00. The van der Waals surface area contributed by atoms with E-state index in [1.165, 1.54) is 0 Å². The van der Waals surface area contributed by atoms with E-state index in [9.17, 15) is 5.11 Å². The van der Waals surface area contributed by atoms with Gasteiger partial charge in [-0.25, -0.2) is 0 Å². The number of hydrogen-bond acceptors (Lipinski definition) is 5. The molecule has 5 heteroatoms. The van der Waals surface area contributed by atoms with E-state index >= 15 is 0 Å². The SMILES string of the molecule is Cc1nnc(CN2CC[C@H](O)CC(C)(C)C2)s1. The number of aromatic nitrogens is 2. The normalized spacial score (nSPS) is 25.8. The van der Waals surface area contributed by atoms with Crippen LogP contribution in [0.15, 0.2) is 0 Å². The van der Waals surface area contributed by atoms with Gasteiger partial charge in [0.25, 0.3) is 0 Å². The van der Waals surface area contributed by atoms with Crippen molar-refractivity contribution in [3.63, 3.8) is 0 Å². The summed E-state index contributed by atoms with van der Waals surface area (Å²) >= 11 is 1.66. The predicted molar refractivity (Wildman–Crippen MR) is 68.9 cm³/mol. The summed E-state index contributed by atoms with van der Waals surface area (Å²) < 4.78 is 0. The van der Waals surface area contributed by atoms with Gasteiger partial charge >= 0.3 is 0 Å². The van der Waals surface area contributed by atoms with Gasteiger partial charge in [0.2, 0.25) is 0 Å². The highest BCUT2D eigenvalue weighted by molar-refractivity contribution is 7.11. The molecule has 17 heavy (non-hydrogen) atoms. The first-order chi connectivity index (χ1) is 7.94. The van der Waals surface area contributed by atoms with Crippen molar-refractivity contribution < 1.29 is 5.11 Å². The fourth-order valence-electron chi connectivity index (χ4n) is 2.55. The van der Waals surface area contributed by atoms with Gasteiger partial charge in [0.05, 0.1) is 12.6 Å². The summed E-state index contributed by atoms with van der Waals surface area (Å²) in [5.74, 6) is 0. The lowest BCUT2D eigenvalue weighted by molar-refractivity contribution is 0.121. The van der Waals surface area contributed by atoms with E-state index in [2.05, 4.69) is 28.9 Å². The number of rotatable bonds is 2. The molecule has 1 aliphatic heterocycles. The topological polar surface area (TPSA) is 49.2 Å². The van der Waals surface area contributed by atoms with Crippen LogP contribution in [0, 0.1) is 12.3 Å². The molecule has 96 valence electrons. The fourth-order valence-corrected chi connectivity index (χ4v) is 3.30. The third-order valence-corrected chi connectivity index (χ3v) is 3.97. The van der Waals surface area contributed by atoms with Crippen LogP contribution in [-0.4, -0.2) is 39.4 Å². The van der Waals surface area contributed by atoms with Crippen LogP contribution in [0.2, 0.25) is 0 Å². The molecule has 0 radical (unpaired) electrons. The summed E-state index contributed by atoms with van der Waals surface area (Å²) in [4.78, 5) is 2.39. The van der Waals surface area contributed by atoms with Crippen molar-refractivity contribution in [2.75, 3.05) is 13.1 Å². The lowest BCUT2D eigenvalue weighted by atomic mass is 9.87. The first kappa shape index (κ1) is 12.9. The van der Waals surface area contributed by atoms with Crippen LogP contribution >= 0.6 is 11.3 Å². The Morgan fingerprint density at radius 3 is 2.88 bits per heavy atom. The van der Waals surface area contributed by atoms with Crippen molar-refractivity contribution in [2.45, 2.75) is 46.3 Å². The van der Waals surface area contributed by atoms with Crippen LogP contribution in [-0.2, 0) is 6.54 Å². The number of likely N-dealkylation sites (tertiary alicyclic amines) is 1. The third kappa shape index (κ3) is 3.72. The van der Waals surface area contributed by atoms with Crippen LogP contribution in [0.25, 0.3) is 0 Å². The molecule has 1 aliphatic rings. The summed E-state index contributed by atoms with van der Waals surface area (Å²) in [6.07, 6.45) is 1.59. The molecule has 0 saturated carbocycles. The molecule has 0 aromatic carbocycles. The van der Waals surface area contributed by atoms with Crippen molar-refractivity contribution in [1.82, 2.24) is 15.1 Å². The smallest absolute Gasteiger partial charge is 0.131 e. The van der Waals surface area contributed by atoms with Gasteiger partial charge in [-0.15, -0.1) is 21.5 Å². The summed E-state index contributed by atoms with van der Waals surface area (Å²) in [5.41, 5.74) is 0.176. The Hall–Kier alpha value is -0.520. The lowest BCUT2D eigenvalue weighted by Crippen LogP contribution is -2.32. The Balaban J connectivity index is 2.00. The Bertz CT molecular complexity index is 378. The van der Waals surface area contributed by atoms with Crippen LogP contribution in [0.4, 0.5) is 0 Å². The van der Waals surface area contributed by atoms with Gasteiger partial charge in [0.15, 0.2) is 0 Å². The molecular weight excluding hydrogens is 234 g/mol. The van der Waals surface area contributed by atoms with Crippen molar-refractivity contribution in [3.8, 4) is 0 Å². The zero-order chi connectivity index (χ0) is 12.5. The van der Waals surface area contributed by atoms with E-state index in [-0.39, 0.29) is 11.5 Å². The third-order valence-electron chi connectivity index (χ3n) is 3.15. The average Bonchev–Trinajstić information content (AvgIpc) is 2.53. The molecule has 0 unspecified atom stereocenters. The van der Waals surface area contributed by atoms with Gasteiger partial charge in [0.1, 0.15) is 10.0 Å². The predicted octanol–water partition coefficient (Wildman–Crippen LogP) is 1.83. The van der Waals surface area contributed by atoms with E-state index < -0.39 is 0 Å². The molecule has 1 aromatic heterocycles. The first-order valence-corrected chi connectivity index (χ1v) is 6.96. The van der Waals surface area contributed by atoms with E-state index in [4.69, 9.17) is 0 Å². The molecule has 1 atom stereocenters. The lowest BCUT2D eigenvalue weighted by Gasteiger charge is -2.28. The molecule has 2 rings (SSSR count). The summed E-state index contributed by atoms with van der Waals surface area (Å²) in [7, 11) is 0. The number of aliphatic hydroxyl groups is 1. The van der Waals surface area contributed by atoms with Crippen molar-refractivity contribution >= 4 is 11.3 Å².